The fourth-order valence-corrected chi connectivity index (χ4v) is 3.21. The van der Waals surface area contributed by atoms with Crippen molar-refractivity contribution in [2.24, 2.45) is 10.9 Å². The van der Waals surface area contributed by atoms with E-state index in [0.717, 1.165) is 49.9 Å². The fraction of sp³-hybridized carbons (Fsp3) is 0.579. The summed E-state index contributed by atoms with van der Waals surface area (Å²) < 4.78 is 5.13. The Morgan fingerprint density at radius 1 is 1.35 bits per heavy atom. The van der Waals surface area contributed by atoms with Crippen molar-refractivity contribution in [3.05, 3.63) is 34.9 Å². The Hall–Kier alpha value is -1.02. The molecule has 146 valence electrons. The van der Waals surface area contributed by atoms with Gasteiger partial charge in [0.1, 0.15) is 0 Å². The number of piperidine rings is 1. The van der Waals surface area contributed by atoms with Gasteiger partial charge in [-0.05, 0) is 50.8 Å². The number of rotatable bonds is 6. The van der Waals surface area contributed by atoms with Gasteiger partial charge in [0.2, 0.25) is 0 Å². The van der Waals surface area contributed by atoms with E-state index in [1.165, 1.54) is 5.56 Å². The van der Waals surface area contributed by atoms with E-state index < -0.39 is 0 Å². The summed E-state index contributed by atoms with van der Waals surface area (Å²) >= 11 is 6.03. The zero-order valence-electron chi connectivity index (χ0n) is 15.5. The molecule has 26 heavy (non-hydrogen) atoms. The van der Waals surface area contributed by atoms with E-state index in [9.17, 15) is 4.79 Å². The second kappa shape index (κ2) is 12.4. The second-order valence-electron chi connectivity index (χ2n) is 6.13. The molecule has 5 nitrogen and oxygen atoms in total. The molecule has 1 saturated heterocycles. The van der Waals surface area contributed by atoms with Crippen LogP contribution in [0.25, 0.3) is 0 Å². The molecule has 1 aromatic carbocycles. The van der Waals surface area contributed by atoms with E-state index in [0.29, 0.717) is 13.2 Å². The Labute approximate surface area is 178 Å². The Morgan fingerprint density at radius 2 is 2.08 bits per heavy atom. The standard InChI is InChI=1S/C19H28ClN3O2.HI/c1-3-21-19(22-11-8-15-6-5-7-17(20)14-15)23-12-9-16(10-13-23)18(24)25-4-2;/h5-7,14,16H,3-4,8-13H2,1-2H3,(H,21,22);1H. The molecule has 0 amide bonds. The molecule has 1 heterocycles. The molecule has 2 rings (SSSR count). The van der Waals surface area contributed by atoms with Crippen molar-refractivity contribution in [3.8, 4) is 0 Å². The molecule has 0 bridgehead atoms. The number of ether oxygens (including phenoxy) is 1. The summed E-state index contributed by atoms with van der Waals surface area (Å²) in [5, 5.41) is 4.11. The largest absolute Gasteiger partial charge is 0.466 e. The quantitative estimate of drug-likeness (QED) is 0.284. The van der Waals surface area contributed by atoms with Gasteiger partial charge in [0.05, 0.1) is 12.5 Å². The van der Waals surface area contributed by atoms with Crippen LogP contribution in [0.15, 0.2) is 29.3 Å². The lowest BCUT2D eigenvalue weighted by atomic mass is 9.97. The van der Waals surface area contributed by atoms with Crippen molar-refractivity contribution in [3.63, 3.8) is 0 Å². The van der Waals surface area contributed by atoms with Crippen LogP contribution in [0.4, 0.5) is 0 Å². The minimum absolute atomic E-state index is 0. The van der Waals surface area contributed by atoms with Crippen molar-refractivity contribution in [1.82, 2.24) is 10.2 Å². The Morgan fingerprint density at radius 3 is 2.69 bits per heavy atom. The number of carbonyl (C=O) groups excluding carboxylic acids is 1. The van der Waals surface area contributed by atoms with Crippen LogP contribution in [-0.4, -0.2) is 49.6 Å². The average molecular weight is 494 g/mol. The van der Waals surface area contributed by atoms with Gasteiger partial charge in [0, 0.05) is 31.2 Å². The number of hydrogen-bond acceptors (Lipinski definition) is 3. The Balaban J connectivity index is 0.00000338. The van der Waals surface area contributed by atoms with E-state index >= 15 is 0 Å². The lowest BCUT2D eigenvalue weighted by Gasteiger charge is -2.33. The number of esters is 1. The molecule has 0 radical (unpaired) electrons. The predicted molar refractivity (Wildman–Crippen MR) is 117 cm³/mol. The molecule has 1 aliphatic rings. The molecule has 0 aromatic heterocycles. The minimum atomic E-state index is -0.0648. The average Bonchev–Trinajstić information content (AvgIpc) is 2.61. The third kappa shape index (κ3) is 7.31. The van der Waals surface area contributed by atoms with Crippen molar-refractivity contribution in [1.29, 1.82) is 0 Å². The molecular formula is C19H29ClIN3O2. The summed E-state index contributed by atoms with van der Waals surface area (Å²) in [4.78, 5) is 18.8. The summed E-state index contributed by atoms with van der Waals surface area (Å²) in [7, 11) is 0. The van der Waals surface area contributed by atoms with Crippen LogP contribution in [0.1, 0.15) is 32.3 Å². The van der Waals surface area contributed by atoms with Gasteiger partial charge >= 0.3 is 5.97 Å². The number of halogens is 2. The van der Waals surface area contributed by atoms with Crippen LogP contribution in [0.5, 0.6) is 0 Å². The van der Waals surface area contributed by atoms with Gasteiger partial charge < -0.3 is 15.0 Å². The SMILES string of the molecule is CCNC(=NCCc1cccc(Cl)c1)N1CCC(C(=O)OCC)CC1.I. The molecule has 0 aliphatic carbocycles. The van der Waals surface area contributed by atoms with Crippen LogP contribution in [0.3, 0.4) is 0 Å². The van der Waals surface area contributed by atoms with Gasteiger partial charge in [0.25, 0.3) is 0 Å². The first-order chi connectivity index (χ1) is 12.1. The number of carbonyl (C=O) groups is 1. The summed E-state index contributed by atoms with van der Waals surface area (Å²) in [6, 6.07) is 7.90. The van der Waals surface area contributed by atoms with Crippen LogP contribution < -0.4 is 5.32 Å². The van der Waals surface area contributed by atoms with Crippen molar-refractivity contribution in [2.45, 2.75) is 33.1 Å². The lowest BCUT2D eigenvalue weighted by Crippen LogP contribution is -2.46. The Bertz CT molecular complexity index is 590. The smallest absolute Gasteiger partial charge is 0.309 e. The molecule has 0 saturated carbocycles. The summed E-state index contributed by atoms with van der Waals surface area (Å²) in [6.07, 6.45) is 2.49. The number of likely N-dealkylation sites (tertiary alicyclic amines) is 1. The fourth-order valence-electron chi connectivity index (χ4n) is 3.00. The van der Waals surface area contributed by atoms with Gasteiger partial charge in [-0.1, -0.05) is 23.7 Å². The topological polar surface area (TPSA) is 53.9 Å². The maximum Gasteiger partial charge on any atom is 0.309 e. The van der Waals surface area contributed by atoms with E-state index in [2.05, 4.69) is 23.2 Å². The number of benzene rings is 1. The minimum Gasteiger partial charge on any atom is -0.466 e. The number of hydrogen-bond donors (Lipinski definition) is 1. The van der Waals surface area contributed by atoms with Crippen LogP contribution in [0.2, 0.25) is 5.02 Å². The third-order valence-corrected chi connectivity index (χ3v) is 4.54. The highest BCUT2D eigenvalue weighted by atomic mass is 127. The number of aliphatic imine (C=N–C) groups is 1. The molecule has 1 aromatic rings. The number of nitrogens with one attached hydrogen (secondary N) is 1. The van der Waals surface area contributed by atoms with E-state index in [1.807, 2.05) is 25.1 Å². The zero-order valence-corrected chi connectivity index (χ0v) is 18.6. The zero-order chi connectivity index (χ0) is 18.1. The highest BCUT2D eigenvalue weighted by molar-refractivity contribution is 14.0. The number of guanidine groups is 1. The molecule has 1 aliphatic heterocycles. The summed E-state index contributed by atoms with van der Waals surface area (Å²) in [5.74, 6) is 0.877. The van der Waals surface area contributed by atoms with Gasteiger partial charge in [0.15, 0.2) is 5.96 Å². The lowest BCUT2D eigenvalue weighted by molar-refractivity contribution is -0.149. The molecule has 1 N–H and O–H groups in total. The van der Waals surface area contributed by atoms with Gasteiger partial charge in [-0.25, -0.2) is 0 Å². The van der Waals surface area contributed by atoms with Crippen molar-refractivity contribution >= 4 is 47.5 Å². The molecule has 7 heteroatoms. The maximum atomic E-state index is 11.9. The van der Waals surface area contributed by atoms with Crippen molar-refractivity contribution < 1.29 is 9.53 Å². The maximum absolute atomic E-state index is 11.9. The first-order valence-electron chi connectivity index (χ1n) is 9.08. The summed E-state index contributed by atoms with van der Waals surface area (Å²) in [6.45, 7) is 7.56. The van der Waals surface area contributed by atoms with Crippen molar-refractivity contribution in [2.75, 3.05) is 32.8 Å². The molecule has 0 spiro atoms. The van der Waals surface area contributed by atoms with Crippen LogP contribution in [-0.2, 0) is 16.0 Å². The predicted octanol–water partition coefficient (Wildman–Crippen LogP) is 3.74. The molecular weight excluding hydrogens is 465 g/mol. The normalized spacial score (nSPS) is 15.3. The van der Waals surface area contributed by atoms with E-state index in [1.54, 1.807) is 0 Å². The van der Waals surface area contributed by atoms with Crippen LogP contribution >= 0.6 is 35.6 Å². The van der Waals surface area contributed by atoms with Gasteiger partial charge in [-0.15, -0.1) is 24.0 Å². The Kier molecular flexibility index (Phi) is 11.0. The number of nitrogens with zero attached hydrogens (tertiary/aromatic N) is 2. The highest BCUT2D eigenvalue weighted by Crippen LogP contribution is 2.19. The third-order valence-electron chi connectivity index (χ3n) is 4.30. The van der Waals surface area contributed by atoms with Crippen LogP contribution in [0, 0.1) is 5.92 Å². The van der Waals surface area contributed by atoms with Gasteiger partial charge in [-0.3, -0.25) is 9.79 Å². The molecule has 0 unspecified atom stereocenters. The van der Waals surface area contributed by atoms with E-state index in [4.69, 9.17) is 21.3 Å². The summed E-state index contributed by atoms with van der Waals surface area (Å²) in [5.41, 5.74) is 1.19. The first-order valence-corrected chi connectivity index (χ1v) is 9.46. The highest BCUT2D eigenvalue weighted by Gasteiger charge is 2.27. The molecule has 1 fully saturated rings. The van der Waals surface area contributed by atoms with E-state index in [-0.39, 0.29) is 35.9 Å². The molecule has 0 atom stereocenters. The monoisotopic (exact) mass is 493 g/mol. The first kappa shape index (κ1) is 23.0. The second-order valence-corrected chi connectivity index (χ2v) is 6.57. The van der Waals surface area contributed by atoms with Gasteiger partial charge in [-0.2, -0.15) is 0 Å².